The van der Waals surface area contributed by atoms with E-state index < -0.39 is 0 Å². The molecule has 1 aromatic rings. The van der Waals surface area contributed by atoms with Crippen molar-refractivity contribution in [2.45, 2.75) is 45.1 Å². The summed E-state index contributed by atoms with van der Waals surface area (Å²) < 4.78 is 5.86. The third-order valence-electron chi connectivity index (χ3n) is 5.42. The van der Waals surface area contributed by atoms with E-state index in [4.69, 9.17) is 16.3 Å². The predicted octanol–water partition coefficient (Wildman–Crippen LogP) is 3.92. The van der Waals surface area contributed by atoms with Crippen molar-refractivity contribution < 1.29 is 9.53 Å². The van der Waals surface area contributed by atoms with E-state index in [1.165, 1.54) is 19.4 Å². The van der Waals surface area contributed by atoms with Crippen LogP contribution in [0.4, 0.5) is 5.69 Å². The monoisotopic (exact) mass is 364 g/mol. The minimum atomic E-state index is 0.198. The topological polar surface area (TPSA) is 32.8 Å². The average molecular weight is 365 g/mol. The highest BCUT2D eigenvalue weighted by molar-refractivity contribution is 6.17. The van der Waals surface area contributed by atoms with Gasteiger partial charge in [-0.25, -0.2) is 0 Å². The van der Waals surface area contributed by atoms with Crippen LogP contribution in [0.3, 0.4) is 0 Å². The van der Waals surface area contributed by atoms with Crippen molar-refractivity contribution in [3.05, 3.63) is 24.3 Å². The Kier molecular flexibility index (Phi) is 6.60. The number of carbonyl (C=O) groups is 1. The molecule has 5 heteroatoms. The van der Waals surface area contributed by atoms with Crippen molar-refractivity contribution in [1.82, 2.24) is 4.90 Å². The zero-order valence-electron chi connectivity index (χ0n) is 15.1. The minimum Gasteiger partial charge on any atom is -0.494 e. The zero-order valence-corrected chi connectivity index (χ0v) is 15.9. The van der Waals surface area contributed by atoms with Crippen LogP contribution in [0.1, 0.15) is 39.0 Å². The second-order valence-electron chi connectivity index (χ2n) is 7.28. The third kappa shape index (κ3) is 4.89. The van der Waals surface area contributed by atoms with E-state index in [0.29, 0.717) is 18.2 Å². The van der Waals surface area contributed by atoms with Crippen LogP contribution in [0, 0.1) is 5.92 Å². The first-order valence-electron chi connectivity index (χ1n) is 9.50. The average Bonchev–Trinajstić information content (AvgIpc) is 3.18. The number of hydrogen-bond donors (Lipinski definition) is 0. The molecule has 0 N–H and O–H groups in total. The third-order valence-corrected chi connectivity index (χ3v) is 5.64. The maximum atomic E-state index is 12.2. The number of likely N-dealkylation sites (tertiary alicyclic amines) is 1. The number of ether oxygens (including phenoxy) is 1. The van der Waals surface area contributed by atoms with Crippen LogP contribution < -0.4 is 9.64 Å². The molecule has 0 radical (unpaired) electrons. The number of benzene rings is 1. The molecule has 25 heavy (non-hydrogen) atoms. The van der Waals surface area contributed by atoms with Crippen LogP contribution in [0.2, 0.25) is 0 Å². The fourth-order valence-corrected chi connectivity index (χ4v) is 4.19. The van der Waals surface area contributed by atoms with Gasteiger partial charge in [-0.05, 0) is 69.3 Å². The number of hydrogen-bond acceptors (Lipinski definition) is 3. The summed E-state index contributed by atoms with van der Waals surface area (Å²) in [6.07, 6.45) is 5.21. The Balaban J connectivity index is 1.43. The predicted molar refractivity (Wildman–Crippen MR) is 103 cm³/mol. The van der Waals surface area contributed by atoms with Gasteiger partial charge in [-0.3, -0.25) is 4.79 Å². The highest BCUT2D eigenvalue weighted by Gasteiger charge is 2.29. The van der Waals surface area contributed by atoms with Crippen LogP contribution in [0.25, 0.3) is 0 Å². The highest BCUT2D eigenvalue weighted by Crippen LogP contribution is 2.28. The summed E-state index contributed by atoms with van der Waals surface area (Å²) in [6.45, 7) is 6.17. The molecule has 3 rings (SSSR count). The molecule has 1 amide bonds. The van der Waals surface area contributed by atoms with Crippen molar-refractivity contribution in [1.29, 1.82) is 0 Å². The maximum absolute atomic E-state index is 12.2. The number of halogens is 1. The van der Waals surface area contributed by atoms with E-state index in [9.17, 15) is 4.79 Å². The van der Waals surface area contributed by atoms with Gasteiger partial charge in [0.1, 0.15) is 5.75 Å². The molecule has 4 nitrogen and oxygen atoms in total. The molecular weight excluding hydrogens is 336 g/mol. The lowest BCUT2D eigenvalue weighted by Crippen LogP contribution is -2.28. The van der Waals surface area contributed by atoms with Crippen LogP contribution in [0.5, 0.6) is 5.75 Å². The van der Waals surface area contributed by atoms with Gasteiger partial charge < -0.3 is 14.5 Å². The SMILES string of the molecule is CC1CCCN1CCCOc1ccc(N2CC(CCCl)CC2=O)cc1. The van der Waals surface area contributed by atoms with E-state index in [0.717, 1.165) is 50.0 Å². The summed E-state index contributed by atoms with van der Waals surface area (Å²) in [4.78, 5) is 16.6. The fourth-order valence-electron chi connectivity index (χ4n) is 3.88. The number of rotatable bonds is 8. The van der Waals surface area contributed by atoms with Gasteiger partial charge in [0, 0.05) is 37.1 Å². The van der Waals surface area contributed by atoms with Gasteiger partial charge in [-0.2, -0.15) is 0 Å². The largest absolute Gasteiger partial charge is 0.494 e. The van der Waals surface area contributed by atoms with Gasteiger partial charge in [-0.15, -0.1) is 11.6 Å². The lowest BCUT2D eigenvalue weighted by atomic mass is 10.1. The minimum absolute atomic E-state index is 0.198. The zero-order chi connectivity index (χ0) is 17.6. The van der Waals surface area contributed by atoms with Gasteiger partial charge >= 0.3 is 0 Å². The molecule has 2 saturated heterocycles. The molecular formula is C20H29ClN2O2. The van der Waals surface area contributed by atoms with Crippen LogP contribution in [-0.2, 0) is 4.79 Å². The summed E-state index contributed by atoms with van der Waals surface area (Å²) in [5, 5.41) is 0. The van der Waals surface area contributed by atoms with Gasteiger partial charge in [0.15, 0.2) is 0 Å². The fraction of sp³-hybridized carbons (Fsp3) is 0.650. The molecule has 2 fully saturated rings. The molecule has 2 atom stereocenters. The van der Waals surface area contributed by atoms with Gasteiger partial charge in [-0.1, -0.05) is 0 Å². The Labute approximate surface area is 156 Å². The second kappa shape index (κ2) is 8.91. The lowest BCUT2D eigenvalue weighted by molar-refractivity contribution is -0.117. The Morgan fingerprint density at radius 3 is 2.76 bits per heavy atom. The van der Waals surface area contributed by atoms with Crippen LogP contribution in [0.15, 0.2) is 24.3 Å². The molecule has 138 valence electrons. The Morgan fingerprint density at radius 2 is 2.08 bits per heavy atom. The second-order valence-corrected chi connectivity index (χ2v) is 7.65. The molecule has 0 spiro atoms. The van der Waals surface area contributed by atoms with E-state index in [2.05, 4.69) is 11.8 Å². The van der Waals surface area contributed by atoms with Crippen molar-refractivity contribution in [2.75, 3.05) is 37.0 Å². The van der Waals surface area contributed by atoms with Crippen molar-refractivity contribution in [3.8, 4) is 5.75 Å². The van der Waals surface area contributed by atoms with Crippen molar-refractivity contribution in [3.63, 3.8) is 0 Å². The summed E-state index contributed by atoms with van der Waals surface area (Å²) in [5.41, 5.74) is 0.959. The summed E-state index contributed by atoms with van der Waals surface area (Å²) >= 11 is 5.80. The Hall–Kier alpha value is -1.26. The van der Waals surface area contributed by atoms with E-state index >= 15 is 0 Å². The molecule has 2 aliphatic rings. The first-order valence-corrected chi connectivity index (χ1v) is 10.0. The number of nitrogens with zero attached hydrogens (tertiary/aromatic N) is 2. The van der Waals surface area contributed by atoms with Crippen molar-refractivity contribution >= 4 is 23.2 Å². The molecule has 1 aromatic carbocycles. The van der Waals surface area contributed by atoms with Gasteiger partial charge in [0.2, 0.25) is 5.91 Å². The van der Waals surface area contributed by atoms with Gasteiger partial charge in [0.25, 0.3) is 0 Å². The lowest BCUT2D eigenvalue weighted by Gasteiger charge is -2.20. The Bertz CT molecular complexity index is 563. The molecule has 2 heterocycles. The Morgan fingerprint density at radius 1 is 1.28 bits per heavy atom. The highest BCUT2D eigenvalue weighted by atomic mass is 35.5. The first-order chi connectivity index (χ1) is 12.2. The van der Waals surface area contributed by atoms with Crippen molar-refractivity contribution in [2.24, 2.45) is 5.92 Å². The smallest absolute Gasteiger partial charge is 0.227 e. The molecule has 2 unspecified atom stereocenters. The van der Waals surface area contributed by atoms with Crippen LogP contribution in [-0.4, -0.2) is 49.0 Å². The normalized spacial score (nSPS) is 24.2. The molecule has 0 aromatic heterocycles. The molecule has 0 saturated carbocycles. The van der Waals surface area contributed by atoms with Crippen LogP contribution >= 0.6 is 11.6 Å². The standard InChI is InChI=1S/C20H29ClN2O2/c1-16-4-2-11-22(16)12-3-13-25-19-7-5-18(6-8-19)23-15-17(9-10-21)14-20(23)24/h5-8,16-17H,2-4,9-15H2,1H3. The quantitative estimate of drug-likeness (QED) is 0.517. The number of anilines is 1. The van der Waals surface area contributed by atoms with Gasteiger partial charge in [0.05, 0.1) is 6.61 Å². The molecule has 0 aliphatic carbocycles. The number of alkyl halides is 1. The summed E-state index contributed by atoms with van der Waals surface area (Å²) in [7, 11) is 0. The van der Waals surface area contributed by atoms with E-state index in [-0.39, 0.29) is 5.91 Å². The number of carbonyl (C=O) groups excluding carboxylic acids is 1. The number of amides is 1. The van der Waals surface area contributed by atoms with E-state index in [1.807, 2.05) is 29.2 Å². The maximum Gasteiger partial charge on any atom is 0.227 e. The summed E-state index contributed by atoms with van der Waals surface area (Å²) in [5.74, 6) is 2.08. The summed E-state index contributed by atoms with van der Waals surface area (Å²) in [6, 6.07) is 8.63. The molecule has 0 bridgehead atoms. The van der Waals surface area contributed by atoms with E-state index in [1.54, 1.807) is 0 Å². The first kappa shape index (κ1) is 18.5. The molecule has 2 aliphatic heterocycles.